The predicted octanol–water partition coefficient (Wildman–Crippen LogP) is 3.14. The third kappa shape index (κ3) is 2.48. The molecule has 0 atom stereocenters. The summed E-state index contributed by atoms with van der Waals surface area (Å²) in [6.45, 7) is 4.12. The molecule has 0 unspecified atom stereocenters. The third-order valence-electron chi connectivity index (χ3n) is 2.51. The third-order valence-corrected chi connectivity index (χ3v) is 2.51. The predicted molar refractivity (Wildman–Crippen MR) is 66.3 cm³/mol. The van der Waals surface area contributed by atoms with Crippen molar-refractivity contribution in [3.63, 3.8) is 0 Å². The van der Waals surface area contributed by atoms with Crippen LogP contribution in [0.5, 0.6) is 0 Å². The Balaban J connectivity index is 2.37. The van der Waals surface area contributed by atoms with E-state index in [4.69, 9.17) is 5.26 Å². The summed E-state index contributed by atoms with van der Waals surface area (Å²) in [7, 11) is 0. The Morgan fingerprint density at radius 2 is 1.82 bits per heavy atom. The lowest BCUT2D eigenvalue weighted by molar-refractivity contribution is 0.775. The van der Waals surface area contributed by atoms with E-state index in [0.717, 1.165) is 17.0 Å². The van der Waals surface area contributed by atoms with E-state index in [2.05, 4.69) is 29.9 Å². The maximum atomic E-state index is 8.84. The molecule has 0 saturated carbocycles. The molecule has 0 N–H and O–H groups in total. The molecule has 84 valence electrons. The van der Waals surface area contributed by atoms with Gasteiger partial charge in [0.05, 0.1) is 11.6 Å². The first kappa shape index (κ1) is 11.3. The summed E-state index contributed by atoms with van der Waals surface area (Å²) in [5, 5.41) is 8.84. The first-order chi connectivity index (χ1) is 8.20. The fourth-order valence-electron chi connectivity index (χ4n) is 1.55. The molecular formula is C14H13N3. The first-order valence-corrected chi connectivity index (χ1v) is 5.53. The van der Waals surface area contributed by atoms with Crippen LogP contribution in [0.25, 0.3) is 11.1 Å². The molecular weight excluding hydrogens is 210 g/mol. The Hall–Kier alpha value is -2.21. The minimum Gasteiger partial charge on any atom is -0.240 e. The molecule has 0 aliphatic carbocycles. The lowest BCUT2D eigenvalue weighted by Crippen LogP contribution is -1.96. The molecule has 0 bridgehead atoms. The fraction of sp³-hybridized carbons (Fsp3) is 0.214. The van der Waals surface area contributed by atoms with Crippen LogP contribution in [0.15, 0.2) is 36.7 Å². The Labute approximate surface area is 101 Å². The lowest BCUT2D eigenvalue weighted by atomic mass is 10.1. The smallest absolute Gasteiger partial charge is 0.130 e. The fourth-order valence-corrected chi connectivity index (χ4v) is 1.55. The molecule has 3 heteroatoms. The molecule has 1 heterocycles. The molecule has 0 saturated heterocycles. The number of hydrogen-bond acceptors (Lipinski definition) is 3. The molecule has 2 aromatic rings. The highest BCUT2D eigenvalue weighted by molar-refractivity contribution is 5.63. The van der Waals surface area contributed by atoms with Gasteiger partial charge in [-0.1, -0.05) is 26.0 Å². The van der Waals surface area contributed by atoms with Crippen LogP contribution >= 0.6 is 0 Å². The van der Waals surface area contributed by atoms with Gasteiger partial charge in [0, 0.05) is 23.9 Å². The van der Waals surface area contributed by atoms with Gasteiger partial charge in [-0.15, -0.1) is 0 Å². The van der Waals surface area contributed by atoms with Crippen molar-refractivity contribution in [3.05, 3.63) is 48.0 Å². The number of benzene rings is 1. The van der Waals surface area contributed by atoms with E-state index in [1.807, 2.05) is 18.2 Å². The summed E-state index contributed by atoms with van der Waals surface area (Å²) < 4.78 is 0. The lowest BCUT2D eigenvalue weighted by Gasteiger charge is -2.05. The summed E-state index contributed by atoms with van der Waals surface area (Å²) in [4.78, 5) is 8.63. The van der Waals surface area contributed by atoms with Crippen molar-refractivity contribution in [1.29, 1.82) is 5.26 Å². The number of rotatable bonds is 2. The Bertz CT molecular complexity index is 550. The van der Waals surface area contributed by atoms with Crippen molar-refractivity contribution in [3.8, 4) is 17.2 Å². The van der Waals surface area contributed by atoms with Crippen LogP contribution in [-0.2, 0) is 0 Å². The summed E-state index contributed by atoms with van der Waals surface area (Å²) in [5.74, 6) is 1.17. The van der Waals surface area contributed by atoms with Gasteiger partial charge in [0.1, 0.15) is 5.82 Å². The van der Waals surface area contributed by atoms with Crippen molar-refractivity contribution in [2.75, 3.05) is 0 Å². The second-order valence-electron chi connectivity index (χ2n) is 4.18. The average Bonchev–Trinajstić information content (AvgIpc) is 2.39. The highest BCUT2D eigenvalue weighted by Gasteiger charge is 2.04. The zero-order valence-corrected chi connectivity index (χ0v) is 9.88. The van der Waals surface area contributed by atoms with Gasteiger partial charge in [0.25, 0.3) is 0 Å². The standard InChI is InChI=1S/C14H13N3/c1-10(2)14-16-8-13(9-17-14)12-5-3-4-11(6-12)7-15/h3-6,8-10H,1-2H3. The highest BCUT2D eigenvalue weighted by Crippen LogP contribution is 2.19. The quantitative estimate of drug-likeness (QED) is 0.785. The zero-order valence-electron chi connectivity index (χ0n) is 9.88. The number of nitriles is 1. The van der Waals surface area contributed by atoms with Crippen LogP contribution in [0, 0.1) is 11.3 Å². The summed E-state index contributed by atoms with van der Waals surface area (Å²) in [6.07, 6.45) is 3.61. The van der Waals surface area contributed by atoms with Gasteiger partial charge < -0.3 is 0 Å². The van der Waals surface area contributed by atoms with Crippen LogP contribution in [0.2, 0.25) is 0 Å². The van der Waals surface area contributed by atoms with E-state index in [-0.39, 0.29) is 0 Å². The van der Waals surface area contributed by atoms with Crippen molar-refractivity contribution in [2.24, 2.45) is 0 Å². The molecule has 2 rings (SSSR count). The van der Waals surface area contributed by atoms with Gasteiger partial charge in [0.15, 0.2) is 0 Å². The molecule has 0 fully saturated rings. The van der Waals surface area contributed by atoms with Crippen molar-refractivity contribution in [1.82, 2.24) is 9.97 Å². The zero-order chi connectivity index (χ0) is 12.3. The van der Waals surface area contributed by atoms with E-state index in [1.165, 1.54) is 0 Å². The average molecular weight is 223 g/mol. The Kier molecular flexibility index (Phi) is 3.15. The molecule has 0 aliphatic rings. The minimum atomic E-state index is 0.328. The maximum Gasteiger partial charge on any atom is 0.130 e. The van der Waals surface area contributed by atoms with Crippen molar-refractivity contribution < 1.29 is 0 Å². The van der Waals surface area contributed by atoms with Crippen LogP contribution in [0.4, 0.5) is 0 Å². The maximum absolute atomic E-state index is 8.84. The van der Waals surface area contributed by atoms with Crippen LogP contribution in [-0.4, -0.2) is 9.97 Å². The molecule has 0 amide bonds. The van der Waals surface area contributed by atoms with E-state index in [9.17, 15) is 0 Å². The van der Waals surface area contributed by atoms with E-state index >= 15 is 0 Å². The largest absolute Gasteiger partial charge is 0.240 e. The van der Waals surface area contributed by atoms with Crippen molar-refractivity contribution in [2.45, 2.75) is 19.8 Å². The van der Waals surface area contributed by atoms with Crippen LogP contribution in [0.3, 0.4) is 0 Å². The molecule has 0 radical (unpaired) electrons. The van der Waals surface area contributed by atoms with E-state index in [0.29, 0.717) is 11.5 Å². The monoisotopic (exact) mass is 223 g/mol. The minimum absolute atomic E-state index is 0.328. The topological polar surface area (TPSA) is 49.6 Å². The van der Waals surface area contributed by atoms with Gasteiger partial charge in [-0.2, -0.15) is 5.26 Å². The Morgan fingerprint density at radius 3 is 2.41 bits per heavy atom. The molecule has 3 nitrogen and oxygen atoms in total. The van der Waals surface area contributed by atoms with Crippen LogP contribution < -0.4 is 0 Å². The summed E-state index contributed by atoms with van der Waals surface area (Å²) in [6, 6.07) is 9.57. The van der Waals surface area contributed by atoms with Gasteiger partial charge in [0.2, 0.25) is 0 Å². The molecule has 1 aromatic heterocycles. The number of hydrogen-bond donors (Lipinski definition) is 0. The van der Waals surface area contributed by atoms with Gasteiger partial charge >= 0.3 is 0 Å². The van der Waals surface area contributed by atoms with Crippen molar-refractivity contribution >= 4 is 0 Å². The molecule has 17 heavy (non-hydrogen) atoms. The molecule has 0 aliphatic heterocycles. The second-order valence-corrected chi connectivity index (χ2v) is 4.18. The summed E-state index contributed by atoms with van der Waals surface area (Å²) >= 11 is 0. The van der Waals surface area contributed by atoms with Gasteiger partial charge in [-0.25, -0.2) is 9.97 Å². The van der Waals surface area contributed by atoms with Crippen LogP contribution in [0.1, 0.15) is 31.2 Å². The van der Waals surface area contributed by atoms with E-state index in [1.54, 1.807) is 18.5 Å². The molecule has 0 spiro atoms. The highest BCUT2D eigenvalue weighted by atomic mass is 14.9. The number of nitrogens with zero attached hydrogens (tertiary/aromatic N) is 3. The SMILES string of the molecule is CC(C)c1ncc(-c2cccc(C#N)c2)cn1. The second kappa shape index (κ2) is 4.75. The normalized spacial score (nSPS) is 10.2. The van der Waals surface area contributed by atoms with Gasteiger partial charge in [-0.3, -0.25) is 0 Å². The number of aromatic nitrogens is 2. The molecule has 1 aromatic carbocycles. The van der Waals surface area contributed by atoms with Gasteiger partial charge in [-0.05, 0) is 17.7 Å². The first-order valence-electron chi connectivity index (χ1n) is 5.53. The summed E-state index contributed by atoms with van der Waals surface area (Å²) in [5.41, 5.74) is 2.56. The van der Waals surface area contributed by atoms with E-state index < -0.39 is 0 Å². The Morgan fingerprint density at radius 1 is 1.12 bits per heavy atom.